The van der Waals surface area contributed by atoms with Crippen LogP contribution in [0.2, 0.25) is 0 Å². The molecule has 0 spiro atoms. The van der Waals surface area contributed by atoms with Gasteiger partial charge in [-0.05, 0) is 44.0 Å². The second-order valence-corrected chi connectivity index (χ2v) is 4.77. The zero-order chi connectivity index (χ0) is 14.2. The van der Waals surface area contributed by atoms with Crippen molar-refractivity contribution in [2.75, 3.05) is 31.7 Å². The summed E-state index contributed by atoms with van der Waals surface area (Å²) in [6, 6.07) is 7.85. The summed E-state index contributed by atoms with van der Waals surface area (Å²) in [4.78, 5) is 11.8. The predicted octanol–water partition coefficient (Wildman–Crippen LogP) is 1.79. The van der Waals surface area contributed by atoms with Gasteiger partial charge in [0.25, 0.3) is 0 Å². The molecule has 2 N–H and O–H groups in total. The number of ether oxygens (including phenoxy) is 2. The van der Waals surface area contributed by atoms with E-state index in [2.05, 4.69) is 10.6 Å². The molecule has 2 rings (SSSR count). The average molecular weight is 278 g/mol. The van der Waals surface area contributed by atoms with E-state index in [4.69, 9.17) is 9.47 Å². The molecule has 0 atom stereocenters. The van der Waals surface area contributed by atoms with E-state index in [1.807, 2.05) is 31.2 Å². The molecule has 20 heavy (non-hydrogen) atoms. The van der Waals surface area contributed by atoms with Gasteiger partial charge in [0.2, 0.25) is 5.91 Å². The second-order valence-electron chi connectivity index (χ2n) is 4.77. The second kappa shape index (κ2) is 7.75. The fourth-order valence-corrected chi connectivity index (χ4v) is 2.14. The molecule has 110 valence electrons. The van der Waals surface area contributed by atoms with Crippen molar-refractivity contribution in [3.8, 4) is 5.75 Å². The smallest absolute Gasteiger partial charge is 0.239 e. The van der Waals surface area contributed by atoms with Crippen LogP contribution in [0.1, 0.15) is 19.8 Å². The molecule has 0 unspecified atom stereocenters. The van der Waals surface area contributed by atoms with Crippen molar-refractivity contribution in [3.05, 3.63) is 24.3 Å². The summed E-state index contributed by atoms with van der Waals surface area (Å²) < 4.78 is 10.6. The van der Waals surface area contributed by atoms with Crippen LogP contribution in [-0.4, -0.2) is 38.3 Å². The summed E-state index contributed by atoms with van der Waals surface area (Å²) in [5.41, 5.74) is 0.913. The Hall–Kier alpha value is -1.75. The predicted molar refractivity (Wildman–Crippen MR) is 78.1 cm³/mol. The Morgan fingerprint density at radius 3 is 2.65 bits per heavy atom. The highest BCUT2D eigenvalue weighted by Crippen LogP contribution is 2.15. The van der Waals surface area contributed by atoms with E-state index in [1.54, 1.807) is 0 Å². The van der Waals surface area contributed by atoms with E-state index in [-0.39, 0.29) is 18.5 Å². The van der Waals surface area contributed by atoms with Gasteiger partial charge >= 0.3 is 0 Å². The van der Waals surface area contributed by atoms with E-state index < -0.39 is 0 Å². The normalized spacial score (nSPS) is 15.7. The number of benzene rings is 1. The van der Waals surface area contributed by atoms with Gasteiger partial charge in [0.1, 0.15) is 5.75 Å². The molecule has 0 saturated carbocycles. The summed E-state index contributed by atoms with van der Waals surface area (Å²) in [6.07, 6.45) is 1.80. The van der Waals surface area contributed by atoms with Crippen molar-refractivity contribution in [2.45, 2.75) is 25.8 Å². The summed E-state index contributed by atoms with van der Waals surface area (Å²) in [5.74, 6) is 0.857. The van der Waals surface area contributed by atoms with Gasteiger partial charge < -0.3 is 20.1 Å². The van der Waals surface area contributed by atoms with E-state index in [1.165, 1.54) is 0 Å². The summed E-state index contributed by atoms with van der Waals surface area (Å²) in [6.45, 7) is 4.35. The van der Waals surface area contributed by atoms with Crippen LogP contribution in [0.25, 0.3) is 0 Å². The molecule has 1 heterocycles. The minimum absolute atomic E-state index is 0.0192. The Kier molecular flexibility index (Phi) is 5.68. The van der Waals surface area contributed by atoms with Gasteiger partial charge in [0.15, 0.2) is 0 Å². The third-order valence-corrected chi connectivity index (χ3v) is 3.20. The third-order valence-electron chi connectivity index (χ3n) is 3.20. The highest BCUT2D eigenvalue weighted by molar-refractivity contribution is 5.81. The van der Waals surface area contributed by atoms with Gasteiger partial charge in [-0.15, -0.1) is 0 Å². The third kappa shape index (κ3) is 4.74. The largest absolute Gasteiger partial charge is 0.494 e. The van der Waals surface area contributed by atoms with Crippen LogP contribution in [0, 0.1) is 0 Å². The van der Waals surface area contributed by atoms with Gasteiger partial charge in [0, 0.05) is 24.9 Å². The molecular weight excluding hydrogens is 256 g/mol. The lowest BCUT2D eigenvalue weighted by Crippen LogP contribution is -2.41. The Morgan fingerprint density at radius 2 is 2.00 bits per heavy atom. The number of hydrogen-bond donors (Lipinski definition) is 2. The summed E-state index contributed by atoms with van der Waals surface area (Å²) in [7, 11) is 0. The number of carbonyl (C=O) groups excluding carboxylic acids is 1. The first kappa shape index (κ1) is 14.7. The minimum Gasteiger partial charge on any atom is -0.494 e. The first-order valence-corrected chi connectivity index (χ1v) is 7.12. The Morgan fingerprint density at radius 1 is 1.30 bits per heavy atom. The quantitative estimate of drug-likeness (QED) is 0.833. The maximum Gasteiger partial charge on any atom is 0.239 e. The number of amides is 1. The number of hydrogen-bond acceptors (Lipinski definition) is 4. The molecule has 0 bridgehead atoms. The van der Waals surface area contributed by atoms with Gasteiger partial charge in [-0.1, -0.05) is 0 Å². The highest BCUT2D eigenvalue weighted by Gasteiger charge is 2.15. The Bertz CT molecular complexity index is 414. The van der Waals surface area contributed by atoms with E-state index in [0.29, 0.717) is 6.61 Å². The lowest BCUT2D eigenvalue weighted by atomic mass is 10.1. The van der Waals surface area contributed by atoms with Crippen LogP contribution in [0.15, 0.2) is 24.3 Å². The van der Waals surface area contributed by atoms with Crippen LogP contribution in [0.3, 0.4) is 0 Å². The molecule has 1 fully saturated rings. The molecule has 5 heteroatoms. The molecule has 0 aliphatic carbocycles. The lowest BCUT2D eigenvalue weighted by Gasteiger charge is -2.23. The molecule has 1 amide bonds. The molecular formula is C15H22N2O3. The number of nitrogens with one attached hydrogen (secondary N) is 2. The average Bonchev–Trinajstić information content (AvgIpc) is 2.48. The number of rotatable bonds is 6. The molecule has 1 aromatic carbocycles. The molecule has 1 aliphatic heterocycles. The van der Waals surface area contributed by atoms with Gasteiger partial charge in [-0.3, -0.25) is 4.79 Å². The molecule has 0 radical (unpaired) electrons. The van der Waals surface area contributed by atoms with Crippen LogP contribution in [-0.2, 0) is 9.53 Å². The zero-order valence-corrected chi connectivity index (χ0v) is 11.9. The molecule has 5 nitrogen and oxygen atoms in total. The minimum atomic E-state index is 0.0192. The fraction of sp³-hybridized carbons (Fsp3) is 0.533. The van der Waals surface area contributed by atoms with Crippen molar-refractivity contribution in [1.29, 1.82) is 0 Å². The maximum atomic E-state index is 11.8. The SMILES string of the molecule is CCOc1ccc(NCC(=O)NC2CCOCC2)cc1. The van der Waals surface area contributed by atoms with Crippen molar-refractivity contribution in [2.24, 2.45) is 0 Å². The highest BCUT2D eigenvalue weighted by atomic mass is 16.5. The van der Waals surface area contributed by atoms with E-state index in [0.717, 1.165) is 37.5 Å². The van der Waals surface area contributed by atoms with E-state index in [9.17, 15) is 4.79 Å². The number of anilines is 1. The summed E-state index contributed by atoms with van der Waals surface area (Å²) >= 11 is 0. The van der Waals surface area contributed by atoms with Crippen molar-refractivity contribution >= 4 is 11.6 Å². The van der Waals surface area contributed by atoms with Crippen LogP contribution in [0.5, 0.6) is 5.75 Å². The zero-order valence-electron chi connectivity index (χ0n) is 11.9. The molecule has 1 aromatic rings. The molecule has 1 saturated heterocycles. The summed E-state index contributed by atoms with van der Waals surface area (Å²) in [5, 5.41) is 6.12. The Labute approximate surface area is 119 Å². The van der Waals surface area contributed by atoms with Crippen LogP contribution < -0.4 is 15.4 Å². The monoisotopic (exact) mass is 278 g/mol. The van der Waals surface area contributed by atoms with Gasteiger partial charge in [0.05, 0.1) is 13.2 Å². The lowest BCUT2D eigenvalue weighted by molar-refractivity contribution is -0.120. The van der Waals surface area contributed by atoms with E-state index >= 15 is 0 Å². The van der Waals surface area contributed by atoms with Crippen LogP contribution >= 0.6 is 0 Å². The van der Waals surface area contributed by atoms with Gasteiger partial charge in [-0.25, -0.2) is 0 Å². The van der Waals surface area contributed by atoms with Crippen molar-refractivity contribution in [3.63, 3.8) is 0 Å². The van der Waals surface area contributed by atoms with Crippen molar-refractivity contribution < 1.29 is 14.3 Å². The molecule has 1 aliphatic rings. The first-order chi connectivity index (χ1) is 9.78. The van der Waals surface area contributed by atoms with Gasteiger partial charge in [-0.2, -0.15) is 0 Å². The van der Waals surface area contributed by atoms with Crippen LogP contribution in [0.4, 0.5) is 5.69 Å². The first-order valence-electron chi connectivity index (χ1n) is 7.12. The standard InChI is InChI=1S/C15H22N2O3/c1-2-20-14-5-3-12(4-6-14)16-11-15(18)17-13-7-9-19-10-8-13/h3-6,13,16H,2,7-11H2,1H3,(H,17,18). The fourth-order valence-electron chi connectivity index (χ4n) is 2.14. The Balaban J connectivity index is 1.72. The molecule has 0 aromatic heterocycles. The number of carbonyl (C=O) groups is 1. The van der Waals surface area contributed by atoms with Crippen molar-refractivity contribution in [1.82, 2.24) is 5.32 Å². The topological polar surface area (TPSA) is 59.6 Å². The maximum absolute atomic E-state index is 11.8.